The molecule has 1 N–H and O–H groups in total. The van der Waals surface area contributed by atoms with Crippen molar-refractivity contribution in [3.8, 4) is 11.6 Å². The van der Waals surface area contributed by atoms with E-state index in [0.717, 1.165) is 24.1 Å². The van der Waals surface area contributed by atoms with Crippen LogP contribution in [0.15, 0.2) is 36.5 Å². The first-order valence-corrected chi connectivity index (χ1v) is 6.78. The van der Waals surface area contributed by atoms with Gasteiger partial charge in [0, 0.05) is 12.1 Å². The summed E-state index contributed by atoms with van der Waals surface area (Å²) in [5.41, 5.74) is 1.83. The predicted molar refractivity (Wildman–Crippen MR) is 77.4 cm³/mol. The SMILES string of the molecule is CCCNCc1cc(F)cnc1Oc1cccc(C)c1. The van der Waals surface area contributed by atoms with Crippen LogP contribution >= 0.6 is 0 Å². The summed E-state index contributed by atoms with van der Waals surface area (Å²) >= 11 is 0. The van der Waals surface area contributed by atoms with Crippen LogP contribution < -0.4 is 10.1 Å². The molecular formula is C16H19FN2O. The molecule has 0 radical (unpaired) electrons. The van der Waals surface area contributed by atoms with Crippen molar-refractivity contribution in [1.29, 1.82) is 0 Å². The molecule has 20 heavy (non-hydrogen) atoms. The van der Waals surface area contributed by atoms with Crippen LogP contribution in [0.3, 0.4) is 0 Å². The summed E-state index contributed by atoms with van der Waals surface area (Å²) in [4.78, 5) is 4.04. The number of rotatable bonds is 6. The van der Waals surface area contributed by atoms with Gasteiger partial charge in [0.15, 0.2) is 0 Å². The lowest BCUT2D eigenvalue weighted by Gasteiger charge is -2.11. The Morgan fingerprint density at radius 1 is 1.30 bits per heavy atom. The van der Waals surface area contributed by atoms with Gasteiger partial charge in [-0.3, -0.25) is 0 Å². The van der Waals surface area contributed by atoms with Gasteiger partial charge in [0.1, 0.15) is 11.6 Å². The molecule has 0 spiro atoms. The van der Waals surface area contributed by atoms with Crippen LogP contribution in [-0.4, -0.2) is 11.5 Å². The first kappa shape index (κ1) is 14.5. The first-order valence-electron chi connectivity index (χ1n) is 6.78. The number of hydrogen-bond donors (Lipinski definition) is 1. The van der Waals surface area contributed by atoms with Gasteiger partial charge >= 0.3 is 0 Å². The van der Waals surface area contributed by atoms with E-state index in [2.05, 4.69) is 17.2 Å². The molecule has 1 aromatic carbocycles. The smallest absolute Gasteiger partial charge is 0.223 e. The second-order valence-electron chi connectivity index (χ2n) is 4.71. The molecule has 106 valence electrons. The van der Waals surface area contributed by atoms with E-state index < -0.39 is 0 Å². The van der Waals surface area contributed by atoms with Crippen molar-refractivity contribution >= 4 is 0 Å². The Bertz CT molecular complexity index is 572. The molecule has 0 aliphatic rings. The number of aryl methyl sites for hydroxylation is 1. The third-order valence-electron chi connectivity index (χ3n) is 2.84. The molecule has 1 aromatic heterocycles. The normalized spacial score (nSPS) is 10.6. The molecule has 2 aromatic rings. The highest BCUT2D eigenvalue weighted by Gasteiger charge is 2.08. The number of aromatic nitrogens is 1. The summed E-state index contributed by atoms with van der Waals surface area (Å²) < 4.78 is 19.1. The predicted octanol–water partition coefficient (Wildman–Crippen LogP) is 3.82. The van der Waals surface area contributed by atoms with Crippen LogP contribution in [0, 0.1) is 12.7 Å². The Balaban J connectivity index is 2.17. The second-order valence-corrected chi connectivity index (χ2v) is 4.71. The van der Waals surface area contributed by atoms with Crippen LogP contribution in [-0.2, 0) is 6.54 Å². The molecule has 2 rings (SSSR count). The van der Waals surface area contributed by atoms with Crippen LogP contribution in [0.1, 0.15) is 24.5 Å². The highest BCUT2D eigenvalue weighted by Crippen LogP contribution is 2.24. The summed E-state index contributed by atoms with van der Waals surface area (Å²) in [6, 6.07) is 9.16. The van der Waals surface area contributed by atoms with Gasteiger partial charge < -0.3 is 10.1 Å². The second kappa shape index (κ2) is 7.01. The number of hydrogen-bond acceptors (Lipinski definition) is 3. The Labute approximate surface area is 118 Å². The zero-order chi connectivity index (χ0) is 14.4. The maximum Gasteiger partial charge on any atom is 0.223 e. The molecule has 0 saturated carbocycles. The molecule has 0 aliphatic carbocycles. The van der Waals surface area contributed by atoms with Crippen molar-refractivity contribution in [1.82, 2.24) is 10.3 Å². The van der Waals surface area contributed by atoms with Gasteiger partial charge in [0.2, 0.25) is 5.88 Å². The summed E-state index contributed by atoms with van der Waals surface area (Å²) in [6.07, 6.45) is 2.20. The minimum absolute atomic E-state index is 0.352. The molecule has 0 atom stereocenters. The topological polar surface area (TPSA) is 34.2 Å². The molecule has 0 fully saturated rings. The number of halogens is 1. The number of benzene rings is 1. The van der Waals surface area contributed by atoms with Gasteiger partial charge in [0.05, 0.1) is 6.20 Å². The fraction of sp³-hybridized carbons (Fsp3) is 0.312. The van der Waals surface area contributed by atoms with E-state index in [9.17, 15) is 4.39 Å². The molecule has 0 saturated heterocycles. The summed E-state index contributed by atoms with van der Waals surface area (Å²) in [7, 11) is 0. The maximum atomic E-state index is 13.3. The Kier molecular flexibility index (Phi) is 5.07. The van der Waals surface area contributed by atoms with Gasteiger partial charge in [-0.15, -0.1) is 0 Å². The van der Waals surface area contributed by atoms with E-state index in [4.69, 9.17) is 4.74 Å². The van der Waals surface area contributed by atoms with E-state index in [1.165, 1.54) is 12.3 Å². The van der Waals surface area contributed by atoms with Crippen LogP contribution in [0.25, 0.3) is 0 Å². The van der Waals surface area contributed by atoms with Crippen molar-refractivity contribution in [2.75, 3.05) is 6.54 Å². The monoisotopic (exact) mass is 274 g/mol. The lowest BCUT2D eigenvalue weighted by Crippen LogP contribution is -2.15. The van der Waals surface area contributed by atoms with Crippen LogP contribution in [0.2, 0.25) is 0 Å². The van der Waals surface area contributed by atoms with Crippen molar-refractivity contribution in [3.05, 3.63) is 53.5 Å². The van der Waals surface area contributed by atoms with Gasteiger partial charge in [-0.1, -0.05) is 19.1 Å². The molecule has 1 heterocycles. The molecule has 0 bridgehead atoms. The quantitative estimate of drug-likeness (QED) is 0.813. The Morgan fingerprint density at radius 2 is 2.15 bits per heavy atom. The third-order valence-corrected chi connectivity index (χ3v) is 2.84. The third kappa shape index (κ3) is 4.03. The zero-order valence-electron chi connectivity index (χ0n) is 11.8. The Hall–Kier alpha value is -1.94. The lowest BCUT2D eigenvalue weighted by atomic mass is 10.2. The lowest BCUT2D eigenvalue weighted by molar-refractivity contribution is 0.448. The molecular weight excluding hydrogens is 255 g/mol. The largest absolute Gasteiger partial charge is 0.439 e. The van der Waals surface area contributed by atoms with E-state index in [1.807, 2.05) is 31.2 Å². The van der Waals surface area contributed by atoms with Gasteiger partial charge in [-0.25, -0.2) is 9.37 Å². The van der Waals surface area contributed by atoms with Crippen molar-refractivity contribution < 1.29 is 9.13 Å². The average Bonchev–Trinajstić information content (AvgIpc) is 2.42. The summed E-state index contributed by atoms with van der Waals surface area (Å²) in [5, 5.41) is 3.23. The van der Waals surface area contributed by atoms with Crippen molar-refractivity contribution in [2.45, 2.75) is 26.8 Å². The number of nitrogens with one attached hydrogen (secondary N) is 1. The fourth-order valence-electron chi connectivity index (χ4n) is 1.88. The van der Waals surface area contributed by atoms with Gasteiger partial charge in [-0.2, -0.15) is 0 Å². The zero-order valence-corrected chi connectivity index (χ0v) is 11.8. The molecule has 0 unspecified atom stereocenters. The minimum atomic E-state index is -0.352. The van der Waals surface area contributed by atoms with Crippen molar-refractivity contribution in [3.63, 3.8) is 0 Å². The highest BCUT2D eigenvalue weighted by molar-refractivity contribution is 5.34. The van der Waals surface area contributed by atoms with E-state index >= 15 is 0 Å². The number of pyridine rings is 1. The minimum Gasteiger partial charge on any atom is -0.439 e. The molecule has 3 nitrogen and oxygen atoms in total. The van der Waals surface area contributed by atoms with Crippen LogP contribution in [0.5, 0.6) is 11.6 Å². The van der Waals surface area contributed by atoms with E-state index in [0.29, 0.717) is 18.2 Å². The molecule has 4 heteroatoms. The van der Waals surface area contributed by atoms with Crippen LogP contribution in [0.4, 0.5) is 4.39 Å². The molecule has 0 amide bonds. The van der Waals surface area contributed by atoms with Gasteiger partial charge in [0.25, 0.3) is 0 Å². The number of ether oxygens (including phenoxy) is 1. The van der Waals surface area contributed by atoms with Gasteiger partial charge in [-0.05, 0) is 43.7 Å². The average molecular weight is 274 g/mol. The Morgan fingerprint density at radius 3 is 2.90 bits per heavy atom. The highest BCUT2D eigenvalue weighted by atomic mass is 19.1. The fourth-order valence-corrected chi connectivity index (χ4v) is 1.88. The summed E-state index contributed by atoms with van der Waals surface area (Å²) in [6.45, 7) is 5.50. The standard InChI is InChI=1S/C16H19FN2O/c1-3-7-18-10-13-9-14(17)11-19-16(13)20-15-6-4-5-12(2)8-15/h4-6,8-9,11,18H,3,7,10H2,1-2H3. The molecule has 0 aliphatic heterocycles. The van der Waals surface area contributed by atoms with Crippen molar-refractivity contribution in [2.24, 2.45) is 0 Å². The first-order chi connectivity index (χ1) is 9.69. The van der Waals surface area contributed by atoms with E-state index in [-0.39, 0.29) is 5.82 Å². The van der Waals surface area contributed by atoms with E-state index in [1.54, 1.807) is 0 Å². The maximum absolute atomic E-state index is 13.3. The summed E-state index contributed by atoms with van der Waals surface area (Å²) in [5.74, 6) is 0.802. The number of nitrogens with zero attached hydrogens (tertiary/aromatic N) is 1.